The molecule has 0 aromatic rings. The summed E-state index contributed by atoms with van der Waals surface area (Å²) in [5.41, 5.74) is 0. The summed E-state index contributed by atoms with van der Waals surface area (Å²) in [7, 11) is 0. The largest absolute Gasteiger partial charge is 0.378 e. The fourth-order valence-corrected chi connectivity index (χ4v) is 2.25. The molecule has 1 aliphatic carbocycles. The summed E-state index contributed by atoms with van der Waals surface area (Å²) in [4.78, 5) is 0. The normalized spacial score (nSPS) is 19.6. The lowest BCUT2D eigenvalue weighted by atomic mass is 10.1. The predicted octanol–water partition coefficient (Wildman–Crippen LogP) is 2.97. The van der Waals surface area contributed by atoms with Crippen molar-refractivity contribution in [2.24, 2.45) is 5.92 Å². The molecule has 1 unspecified atom stereocenters. The van der Waals surface area contributed by atoms with Gasteiger partial charge in [-0.15, -0.1) is 0 Å². The second-order valence-corrected chi connectivity index (χ2v) is 4.79. The first-order chi connectivity index (χ1) is 7.33. The molecule has 0 heterocycles. The minimum Gasteiger partial charge on any atom is -0.378 e. The molecule has 2 nitrogen and oxygen atoms in total. The molecule has 0 amide bonds. The highest BCUT2D eigenvalue weighted by atomic mass is 16.5. The molecule has 0 aromatic carbocycles. The van der Waals surface area contributed by atoms with Gasteiger partial charge >= 0.3 is 0 Å². The third kappa shape index (κ3) is 6.16. The number of hydrogen-bond acceptors (Lipinski definition) is 2. The van der Waals surface area contributed by atoms with Crippen molar-refractivity contribution in [3.8, 4) is 0 Å². The molecule has 1 rings (SSSR count). The van der Waals surface area contributed by atoms with E-state index in [1.165, 1.54) is 38.5 Å². The fourth-order valence-electron chi connectivity index (χ4n) is 2.25. The van der Waals surface area contributed by atoms with Crippen molar-refractivity contribution in [1.29, 1.82) is 0 Å². The Morgan fingerprint density at radius 2 is 2.07 bits per heavy atom. The molecule has 90 valence electrons. The summed E-state index contributed by atoms with van der Waals surface area (Å²) in [5.74, 6) is 0.862. The van der Waals surface area contributed by atoms with Crippen LogP contribution in [0.4, 0.5) is 0 Å². The van der Waals surface area contributed by atoms with Gasteiger partial charge in [0.1, 0.15) is 0 Å². The van der Waals surface area contributed by atoms with Gasteiger partial charge < -0.3 is 10.1 Å². The van der Waals surface area contributed by atoms with Gasteiger partial charge in [0.15, 0.2) is 0 Å². The molecule has 0 bridgehead atoms. The van der Waals surface area contributed by atoms with Crippen molar-refractivity contribution < 1.29 is 4.74 Å². The van der Waals surface area contributed by atoms with Gasteiger partial charge in [-0.05, 0) is 51.6 Å². The van der Waals surface area contributed by atoms with E-state index < -0.39 is 0 Å². The van der Waals surface area contributed by atoms with Gasteiger partial charge in [0.25, 0.3) is 0 Å². The topological polar surface area (TPSA) is 21.3 Å². The van der Waals surface area contributed by atoms with Crippen LogP contribution in [0.1, 0.15) is 52.4 Å². The maximum Gasteiger partial charge on any atom is 0.0547 e. The maximum atomic E-state index is 5.88. The molecule has 0 aliphatic heterocycles. The quantitative estimate of drug-likeness (QED) is 0.626. The van der Waals surface area contributed by atoms with Crippen molar-refractivity contribution in [3.63, 3.8) is 0 Å². The highest BCUT2D eigenvalue weighted by Gasteiger charge is 2.15. The van der Waals surface area contributed by atoms with E-state index in [4.69, 9.17) is 4.74 Å². The van der Waals surface area contributed by atoms with E-state index in [1.807, 2.05) is 0 Å². The van der Waals surface area contributed by atoms with Gasteiger partial charge in [-0.25, -0.2) is 0 Å². The van der Waals surface area contributed by atoms with Crippen LogP contribution in [0.3, 0.4) is 0 Å². The van der Waals surface area contributed by atoms with Crippen molar-refractivity contribution in [2.45, 2.75) is 58.5 Å². The molecule has 1 aliphatic rings. The maximum absolute atomic E-state index is 5.88. The molecule has 1 saturated carbocycles. The first kappa shape index (κ1) is 13.0. The highest BCUT2D eigenvalue weighted by molar-refractivity contribution is 4.67. The monoisotopic (exact) mass is 213 g/mol. The smallest absolute Gasteiger partial charge is 0.0547 e. The molecule has 0 saturated heterocycles. The summed E-state index contributed by atoms with van der Waals surface area (Å²) in [5, 5.41) is 3.35. The Bertz CT molecular complexity index is 143. The Hall–Kier alpha value is -0.0800. The zero-order valence-corrected chi connectivity index (χ0v) is 10.4. The van der Waals surface area contributed by atoms with Crippen LogP contribution in [-0.2, 0) is 4.74 Å². The molecular weight excluding hydrogens is 186 g/mol. The molecule has 2 heteroatoms. The Morgan fingerprint density at radius 3 is 2.73 bits per heavy atom. The summed E-state index contributed by atoms with van der Waals surface area (Å²) < 4.78 is 5.88. The minimum absolute atomic E-state index is 0.448. The Kier molecular flexibility index (Phi) is 7.03. The molecule has 1 N–H and O–H groups in total. The molecule has 15 heavy (non-hydrogen) atoms. The SMILES string of the molecule is CCNCCCC(C)OCC1CCCC1. The van der Waals surface area contributed by atoms with E-state index in [9.17, 15) is 0 Å². The van der Waals surface area contributed by atoms with Crippen molar-refractivity contribution in [2.75, 3.05) is 19.7 Å². The van der Waals surface area contributed by atoms with Gasteiger partial charge in [0.2, 0.25) is 0 Å². The fraction of sp³-hybridized carbons (Fsp3) is 1.00. The summed E-state index contributed by atoms with van der Waals surface area (Å²) in [6.07, 6.45) is 8.50. The Morgan fingerprint density at radius 1 is 1.33 bits per heavy atom. The van der Waals surface area contributed by atoms with Crippen LogP contribution in [0.15, 0.2) is 0 Å². The van der Waals surface area contributed by atoms with Crippen molar-refractivity contribution in [3.05, 3.63) is 0 Å². The molecule has 1 atom stereocenters. The van der Waals surface area contributed by atoms with E-state index in [0.717, 1.165) is 25.6 Å². The third-order valence-electron chi connectivity index (χ3n) is 3.31. The van der Waals surface area contributed by atoms with E-state index in [2.05, 4.69) is 19.2 Å². The van der Waals surface area contributed by atoms with Crippen LogP contribution in [-0.4, -0.2) is 25.8 Å². The lowest BCUT2D eigenvalue weighted by Gasteiger charge is -2.16. The average Bonchev–Trinajstić information content (AvgIpc) is 2.74. The van der Waals surface area contributed by atoms with Gasteiger partial charge in [-0.3, -0.25) is 0 Å². The Labute approximate surface area is 94.8 Å². The predicted molar refractivity (Wildman–Crippen MR) is 65.1 cm³/mol. The van der Waals surface area contributed by atoms with Crippen LogP contribution >= 0.6 is 0 Å². The second-order valence-electron chi connectivity index (χ2n) is 4.79. The second kappa shape index (κ2) is 8.12. The third-order valence-corrected chi connectivity index (χ3v) is 3.31. The van der Waals surface area contributed by atoms with Crippen molar-refractivity contribution >= 4 is 0 Å². The van der Waals surface area contributed by atoms with Crippen LogP contribution in [0.25, 0.3) is 0 Å². The highest BCUT2D eigenvalue weighted by Crippen LogP contribution is 2.25. The van der Waals surface area contributed by atoms with Gasteiger partial charge in [0, 0.05) is 6.61 Å². The molecule has 0 spiro atoms. The van der Waals surface area contributed by atoms with Crippen LogP contribution < -0.4 is 5.32 Å². The molecule has 0 aromatic heterocycles. The van der Waals surface area contributed by atoms with E-state index in [1.54, 1.807) is 0 Å². The van der Waals surface area contributed by atoms with E-state index in [0.29, 0.717) is 6.10 Å². The first-order valence-electron chi connectivity index (χ1n) is 6.65. The summed E-state index contributed by atoms with van der Waals surface area (Å²) in [6, 6.07) is 0. The zero-order chi connectivity index (χ0) is 10.9. The van der Waals surface area contributed by atoms with Crippen molar-refractivity contribution in [1.82, 2.24) is 5.32 Å². The summed E-state index contributed by atoms with van der Waals surface area (Å²) >= 11 is 0. The van der Waals surface area contributed by atoms with Gasteiger partial charge in [-0.1, -0.05) is 19.8 Å². The summed E-state index contributed by atoms with van der Waals surface area (Å²) in [6.45, 7) is 7.58. The van der Waals surface area contributed by atoms with Crippen LogP contribution in [0, 0.1) is 5.92 Å². The lowest BCUT2D eigenvalue weighted by molar-refractivity contribution is 0.0356. The van der Waals surface area contributed by atoms with E-state index in [-0.39, 0.29) is 0 Å². The minimum atomic E-state index is 0.448. The van der Waals surface area contributed by atoms with Crippen LogP contribution in [0.2, 0.25) is 0 Å². The number of hydrogen-bond donors (Lipinski definition) is 1. The first-order valence-corrected chi connectivity index (χ1v) is 6.65. The standard InChI is InChI=1S/C13H27NO/c1-3-14-10-6-7-12(2)15-11-13-8-4-5-9-13/h12-14H,3-11H2,1-2H3. The lowest BCUT2D eigenvalue weighted by Crippen LogP contribution is -2.18. The average molecular weight is 213 g/mol. The molecule has 1 fully saturated rings. The molecular formula is C13H27NO. The number of rotatable bonds is 8. The number of ether oxygens (including phenoxy) is 1. The zero-order valence-electron chi connectivity index (χ0n) is 10.4. The van der Waals surface area contributed by atoms with Crippen LogP contribution in [0.5, 0.6) is 0 Å². The molecule has 0 radical (unpaired) electrons. The Balaban J connectivity index is 1.90. The number of nitrogens with one attached hydrogen (secondary N) is 1. The van der Waals surface area contributed by atoms with Gasteiger partial charge in [0.05, 0.1) is 6.10 Å². The van der Waals surface area contributed by atoms with E-state index >= 15 is 0 Å². The van der Waals surface area contributed by atoms with Gasteiger partial charge in [-0.2, -0.15) is 0 Å².